The Balaban J connectivity index is 1.27. The summed E-state index contributed by atoms with van der Waals surface area (Å²) in [6, 6.07) is 14.9. The molecule has 158 valence electrons. The van der Waals surface area contributed by atoms with Crippen molar-refractivity contribution >= 4 is 23.6 Å². The molecule has 0 saturated carbocycles. The molecule has 0 atom stereocenters. The van der Waals surface area contributed by atoms with Crippen LogP contribution in [0.5, 0.6) is 17.2 Å². The summed E-state index contributed by atoms with van der Waals surface area (Å²) in [5.74, 6) is 1.70. The van der Waals surface area contributed by atoms with Gasteiger partial charge in [-0.25, -0.2) is 0 Å². The molecule has 2 aromatic carbocycles. The van der Waals surface area contributed by atoms with Gasteiger partial charge in [0, 0.05) is 30.6 Å². The molecule has 1 N–H and O–H groups in total. The van der Waals surface area contributed by atoms with Crippen molar-refractivity contribution in [3.63, 3.8) is 0 Å². The van der Waals surface area contributed by atoms with E-state index in [2.05, 4.69) is 10.3 Å². The lowest BCUT2D eigenvalue weighted by molar-refractivity contribution is -0.116. The van der Waals surface area contributed by atoms with Gasteiger partial charge in [0.05, 0.1) is 5.02 Å². The number of hydrogen-bond acceptors (Lipinski definition) is 5. The lowest BCUT2D eigenvalue weighted by Gasteiger charge is -2.20. The summed E-state index contributed by atoms with van der Waals surface area (Å²) in [6.07, 6.45) is 6.74. The van der Waals surface area contributed by atoms with Gasteiger partial charge in [0.1, 0.15) is 25.6 Å². The van der Waals surface area contributed by atoms with E-state index in [1.807, 2.05) is 42.5 Å². The fourth-order valence-electron chi connectivity index (χ4n) is 3.01. The highest BCUT2D eigenvalue weighted by Crippen LogP contribution is 2.38. The SMILES string of the molecule is O=C(/C=C/c1ccc(OCc2cccnc2)cc1)NCc1cc(Cl)c2c(c1)OCCO2. The molecule has 1 aromatic heterocycles. The first-order valence-electron chi connectivity index (χ1n) is 9.83. The number of aromatic nitrogens is 1. The summed E-state index contributed by atoms with van der Waals surface area (Å²) >= 11 is 6.23. The third kappa shape index (κ3) is 5.77. The van der Waals surface area contributed by atoms with Crippen LogP contribution in [-0.4, -0.2) is 24.1 Å². The number of carbonyl (C=O) groups is 1. The predicted molar refractivity (Wildman–Crippen MR) is 118 cm³/mol. The van der Waals surface area contributed by atoms with Crippen LogP contribution in [0, 0.1) is 0 Å². The van der Waals surface area contributed by atoms with Crippen LogP contribution >= 0.6 is 11.6 Å². The van der Waals surface area contributed by atoms with E-state index in [1.165, 1.54) is 6.08 Å². The summed E-state index contributed by atoms with van der Waals surface area (Å²) in [5, 5.41) is 3.32. The summed E-state index contributed by atoms with van der Waals surface area (Å²) < 4.78 is 16.8. The van der Waals surface area contributed by atoms with Crippen molar-refractivity contribution < 1.29 is 19.0 Å². The highest BCUT2D eigenvalue weighted by atomic mass is 35.5. The van der Waals surface area contributed by atoms with Crippen LogP contribution in [0.25, 0.3) is 6.08 Å². The minimum absolute atomic E-state index is 0.206. The molecule has 0 saturated heterocycles. The van der Waals surface area contributed by atoms with Crippen LogP contribution in [0.15, 0.2) is 67.0 Å². The molecule has 1 aliphatic rings. The molecule has 2 heterocycles. The molecule has 0 radical (unpaired) electrons. The Hall–Kier alpha value is -3.51. The quantitative estimate of drug-likeness (QED) is 0.555. The van der Waals surface area contributed by atoms with Crippen LogP contribution < -0.4 is 19.5 Å². The first-order chi connectivity index (χ1) is 15.2. The molecule has 0 bridgehead atoms. The normalized spacial score (nSPS) is 12.5. The van der Waals surface area contributed by atoms with Gasteiger partial charge in [-0.15, -0.1) is 0 Å². The molecular formula is C24H21ClN2O4. The van der Waals surface area contributed by atoms with E-state index in [-0.39, 0.29) is 5.91 Å². The van der Waals surface area contributed by atoms with E-state index < -0.39 is 0 Å². The van der Waals surface area contributed by atoms with Gasteiger partial charge < -0.3 is 19.5 Å². The maximum absolute atomic E-state index is 12.2. The van der Waals surface area contributed by atoms with Crippen molar-refractivity contribution in [2.45, 2.75) is 13.2 Å². The number of fused-ring (bicyclic) bond motifs is 1. The molecule has 0 fully saturated rings. The van der Waals surface area contributed by atoms with E-state index in [0.717, 1.165) is 22.4 Å². The van der Waals surface area contributed by atoms with E-state index in [1.54, 1.807) is 24.5 Å². The Morgan fingerprint density at radius 1 is 1.13 bits per heavy atom. The van der Waals surface area contributed by atoms with Gasteiger partial charge in [0.25, 0.3) is 0 Å². The first kappa shape index (κ1) is 20.8. The second kappa shape index (κ2) is 10.00. The predicted octanol–water partition coefficient (Wildman–Crippen LogP) is 4.41. The van der Waals surface area contributed by atoms with E-state index in [4.69, 9.17) is 25.8 Å². The van der Waals surface area contributed by atoms with Crippen LogP contribution in [-0.2, 0) is 17.9 Å². The molecule has 1 aliphatic heterocycles. The van der Waals surface area contributed by atoms with Crippen molar-refractivity contribution in [2.24, 2.45) is 0 Å². The highest BCUT2D eigenvalue weighted by molar-refractivity contribution is 6.32. The highest BCUT2D eigenvalue weighted by Gasteiger charge is 2.16. The lowest BCUT2D eigenvalue weighted by atomic mass is 10.2. The van der Waals surface area contributed by atoms with Crippen molar-refractivity contribution in [1.82, 2.24) is 10.3 Å². The molecule has 7 heteroatoms. The maximum atomic E-state index is 12.2. The third-order valence-corrected chi connectivity index (χ3v) is 4.84. The van der Waals surface area contributed by atoms with Crippen molar-refractivity contribution in [3.8, 4) is 17.2 Å². The van der Waals surface area contributed by atoms with Crippen LogP contribution in [0.1, 0.15) is 16.7 Å². The number of nitrogens with zero attached hydrogens (tertiary/aromatic N) is 1. The van der Waals surface area contributed by atoms with Gasteiger partial charge in [-0.1, -0.05) is 29.8 Å². The molecule has 31 heavy (non-hydrogen) atoms. The number of amides is 1. The number of nitrogens with one attached hydrogen (secondary N) is 1. The molecule has 4 rings (SSSR count). The Morgan fingerprint density at radius 2 is 1.97 bits per heavy atom. The van der Waals surface area contributed by atoms with Gasteiger partial charge in [-0.3, -0.25) is 9.78 Å². The number of ether oxygens (including phenoxy) is 3. The standard InChI is InChI=1S/C24H21ClN2O4/c25-21-12-19(13-22-24(21)30-11-10-29-22)15-27-23(28)8-5-17-3-6-20(7-4-17)31-16-18-2-1-9-26-14-18/h1-9,12-14H,10-11,15-16H2,(H,27,28)/b8-5+. The number of hydrogen-bond donors (Lipinski definition) is 1. The molecule has 6 nitrogen and oxygen atoms in total. The van der Waals surface area contributed by atoms with Crippen molar-refractivity contribution in [1.29, 1.82) is 0 Å². The van der Waals surface area contributed by atoms with Gasteiger partial charge in [-0.05, 0) is 47.5 Å². The fraction of sp³-hybridized carbons (Fsp3) is 0.167. The monoisotopic (exact) mass is 436 g/mol. The van der Waals surface area contributed by atoms with E-state index in [0.29, 0.717) is 42.9 Å². The van der Waals surface area contributed by atoms with E-state index in [9.17, 15) is 4.79 Å². The molecule has 0 unspecified atom stereocenters. The maximum Gasteiger partial charge on any atom is 0.244 e. The number of pyridine rings is 1. The topological polar surface area (TPSA) is 69.7 Å². The molecule has 0 aliphatic carbocycles. The lowest BCUT2D eigenvalue weighted by Crippen LogP contribution is -2.21. The Kier molecular flexibility index (Phi) is 6.69. The Bertz CT molecular complexity index is 1070. The number of carbonyl (C=O) groups excluding carboxylic acids is 1. The zero-order valence-electron chi connectivity index (χ0n) is 16.7. The average molecular weight is 437 g/mol. The molecule has 1 amide bonds. The summed E-state index contributed by atoms with van der Waals surface area (Å²) in [7, 11) is 0. The molecule has 3 aromatic rings. The van der Waals surface area contributed by atoms with Crippen LogP contribution in [0.2, 0.25) is 5.02 Å². The Labute approximate surface area is 185 Å². The van der Waals surface area contributed by atoms with Crippen LogP contribution in [0.3, 0.4) is 0 Å². The zero-order valence-corrected chi connectivity index (χ0v) is 17.5. The number of halogens is 1. The summed E-state index contributed by atoms with van der Waals surface area (Å²) in [4.78, 5) is 16.2. The summed E-state index contributed by atoms with van der Waals surface area (Å²) in [6.45, 7) is 1.75. The minimum atomic E-state index is -0.206. The minimum Gasteiger partial charge on any atom is -0.489 e. The molecular weight excluding hydrogens is 416 g/mol. The van der Waals surface area contributed by atoms with Crippen LogP contribution in [0.4, 0.5) is 0 Å². The van der Waals surface area contributed by atoms with Gasteiger partial charge in [0.15, 0.2) is 11.5 Å². The first-order valence-corrected chi connectivity index (χ1v) is 10.2. The zero-order chi connectivity index (χ0) is 21.5. The van der Waals surface area contributed by atoms with E-state index >= 15 is 0 Å². The largest absolute Gasteiger partial charge is 0.489 e. The van der Waals surface area contributed by atoms with Crippen molar-refractivity contribution in [2.75, 3.05) is 13.2 Å². The number of rotatable bonds is 7. The summed E-state index contributed by atoms with van der Waals surface area (Å²) in [5.41, 5.74) is 2.74. The second-order valence-corrected chi connectivity index (χ2v) is 7.28. The van der Waals surface area contributed by atoms with Gasteiger partial charge >= 0.3 is 0 Å². The third-order valence-electron chi connectivity index (χ3n) is 4.56. The molecule has 0 spiro atoms. The fourth-order valence-corrected chi connectivity index (χ4v) is 3.30. The number of benzene rings is 2. The second-order valence-electron chi connectivity index (χ2n) is 6.87. The van der Waals surface area contributed by atoms with Gasteiger partial charge in [-0.2, -0.15) is 0 Å². The average Bonchev–Trinajstić information content (AvgIpc) is 2.81. The smallest absolute Gasteiger partial charge is 0.244 e. The van der Waals surface area contributed by atoms with Gasteiger partial charge in [0.2, 0.25) is 5.91 Å². The Morgan fingerprint density at radius 3 is 2.77 bits per heavy atom. The van der Waals surface area contributed by atoms with Crippen molar-refractivity contribution in [3.05, 3.63) is 88.7 Å².